The van der Waals surface area contributed by atoms with Crippen LogP contribution in [0.25, 0.3) is 0 Å². The van der Waals surface area contributed by atoms with Gasteiger partial charge in [0.25, 0.3) is 0 Å². The number of aromatic nitrogens is 2. The summed E-state index contributed by atoms with van der Waals surface area (Å²) < 4.78 is 1.90. The third-order valence-corrected chi connectivity index (χ3v) is 4.80. The average molecular weight is 540 g/mol. The van der Waals surface area contributed by atoms with E-state index >= 15 is 0 Å². The van der Waals surface area contributed by atoms with Gasteiger partial charge in [0.05, 0.1) is 18.3 Å². The lowest BCUT2D eigenvalue weighted by Gasteiger charge is -2.14. The molecule has 9 heteroatoms. The summed E-state index contributed by atoms with van der Waals surface area (Å²) in [6, 6.07) is 5.03. The van der Waals surface area contributed by atoms with Crippen molar-refractivity contribution < 1.29 is 5.11 Å². The summed E-state index contributed by atoms with van der Waals surface area (Å²) in [4.78, 5) is 4.47. The number of nitrogens with zero attached hydrogens (tertiary/aromatic N) is 3. The highest BCUT2D eigenvalue weighted by Gasteiger charge is 2.11. The Morgan fingerprint density at radius 1 is 1.21 bits per heavy atom. The number of aliphatic hydroxyl groups is 1. The van der Waals surface area contributed by atoms with Gasteiger partial charge in [0, 0.05) is 35.9 Å². The summed E-state index contributed by atoms with van der Waals surface area (Å²) in [5.41, 5.74) is 4.11. The third-order valence-electron chi connectivity index (χ3n) is 4.36. The van der Waals surface area contributed by atoms with E-state index in [2.05, 4.69) is 27.6 Å². The molecule has 0 radical (unpaired) electrons. The second kappa shape index (κ2) is 11.8. The van der Waals surface area contributed by atoms with Crippen molar-refractivity contribution in [3.8, 4) is 0 Å². The molecule has 1 heterocycles. The first-order valence-electron chi connectivity index (χ1n) is 8.97. The van der Waals surface area contributed by atoms with Gasteiger partial charge in [-0.25, -0.2) is 0 Å². The second-order valence-corrected chi connectivity index (χ2v) is 7.26. The van der Waals surface area contributed by atoms with Gasteiger partial charge in [-0.05, 0) is 56.5 Å². The second-order valence-electron chi connectivity index (χ2n) is 6.39. The van der Waals surface area contributed by atoms with E-state index in [1.165, 1.54) is 11.3 Å². The molecule has 0 aliphatic heterocycles. The number of hydrogen-bond acceptors (Lipinski definition) is 3. The highest BCUT2D eigenvalue weighted by Crippen LogP contribution is 2.23. The van der Waals surface area contributed by atoms with Crippen molar-refractivity contribution in [3.63, 3.8) is 0 Å². The first-order chi connectivity index (χ1) is 12.8. The Bertz CT molecular complexity index is 790. The molecule has 0 amide bonds. The van der Waals surface area contributed by atoms with Crippen molar-refractivity contribution >= 4 is 53.1 Å². The number of aliphatic hydroxyl groups excluding tert-OH is 1. The Balaban J connectivity index is 0.00000392. The van der Waals surface area contributed by atoms with Gasteiger partial charge in [-0.3, -0.25) is 9.67 Å². The predicted octanol–water partition coefficient (Wildman–Crippen LogP) is 3.79. The van der Waals surface area contributed by atoms with E-state index in [9.17, 15) is 5.11 Å². The van der Waals surface area contributed by atoms with Crippen LogP contribution in [0.1, 0.15) is 35.5 Å². The summed E-state index contributed by atoms with van der Waals surface area (Å²) in [7, 11) is 1.95. The zero-order valence-electron chi connectivity index (χ0n) is 16.6. The molecule has 0 fully saturated rings. The van der Waals surface area contributed by atoms with E-state index in [1.807, 2.05) is 25.6 Å². The summed E-state index contributed by atoms with van der Waals surface area (Å²) in [5.74, 6) is 0.656. The molecule has 0 bridgehead atoms. The number of benzene rings is 1. The van der Waals surface area contributed by atoms with Gasteiger partial charge < -0.3 is 15.7 Å². The van der Waals surface area contributed by atoms with Crippen LogP contribution in [-0.4, -0.2) is 40.5 Å². The molecule has 156 valence electrons. The maximum absolute atomic E-state index is 10.4. The van der Waals surface area contributed by atoms with E-state index in [4.69, 9.17) is 23.2 Å². The number of hydrogen-bond donors (Lipinski definition) is 3. The molecule has 3 N–H and O–H groups in total. The van der Waals surface area contributed by atoms with Gasteiger partial charge in [-0.1, -0.05) is 23.2 Å². The predicted molar refractivity (Wildman–Crippen MR) is 127 cm³/mol. The van der Waals surface area contributed by atoms with Gasteiger partial charge in [0.2, 0.25) is 0 Å². The first kappa shape index (κ1) is 25.0. The molecule has 1 atom stereocenters. The highest BCUT2D eigenvalue weighted by atomic mass is 127. The minimum atomic E-state index is -0.778. The lowest BCUT2D eigenvalue weighted by Crippen LogP contribution is -2.38. The number of guanidine groups is 1. The number of rotatable bonds is 7. The third kappa shape index (κ3) is 7.09. The van der Waals surface area contributed by atoms with Gasteiger partial charge in [0.1, 0.15) is 0 Å². The maximum Gasteiger partial charge on any atom is 0.191 e. The molecule has 1 aromatic carbocycles. The average Bonchev–Trinajstić information content (AvgIpc) is 2.84. The molecule has 0 saturated carbocycles. The summed E-state index contributed by atoms with van der Waals surface area (Å²) in [6.07, 6.45) is 0.0713. The van der Waals surface area contributed by atoms with Crippen molar-refractivity contribution in [1.82, 2.24) is 20.4 Å². The molecular formula is C19H28Cl2IN5O. The van der Waals surface area contributed by atoms with Gasteiger partial charge in [-0.2, -0.15) is 5.10 Å². The van der Waals surface area contributed by atoms with Crippen LogP contribution in [0.4, 0.5) is 0 Å². The van der Waals surface area contributed by atoms with Crippen LogP contribution < -0.4 is 10.6 Å². The van der Waals surface area contributed by atoms with Crippen molar-refractivity contribution in [2.75, 3.05) is 19.6 Å². The quantitative estimate of drug-likeness (QED) is 0.284. The highest BCUT2D eigenvalue weighted by molar-refractivity contribution is 14.0. The molecule has 6 nitrogen and oxygen atoms in total. The lowest BCUT2D eigenvalue weighted by atomic mass is 10.1. The zero-order valence-corrected chi connectivity index (χ0v) is 20.4. The largest absolute Gasteiger partial charge is 0.386 e. The SMILES string of the molecule is CCNC(=NCC(O)c1cc(Cl)cc(Cl)c1)NCCc1c(C)nn(C)c1C.I. The lowest BCUT2D eigenvalue weighted by molar-refractivity contribution is 0.187. The normalized spacial score (nSPS) is 12.5. The molecule has 28 heavy (non-hydrogen) atoms. The minimum absolute atomic E-state index is 0. The zero-order chi connectivity index (χ0) is 20.0. The summed E-state index contributed by atoms with van der Waals surface area (Å²) in [6.45, 7) is 7.75. The van der Waals surface area contributed by atoms with Crippen LogP contribution in [-0.2, 0) is 13.5 Å². The Kier molecular flexibility index (Phi) is 10.6. The van der Waals surface area contributed by atoms with Crippen LogP contribution >= 0.6 is 47.2 Å². The van der Waals surface area contributed by atoms with Crippen molar-refractivity contribution in [2.45, 2.75) is 33.3 Å². The molecule has 2 rings (SSSR count). The van der Waals surface area contributed by atoms with E-state index in [1.54, 1.807) is 18.2 Å². The first-order valence-corrected chi connectivity index (χ1v) is 9.72. The summed E-state index contributed by atoms with van der Waals surface area (Å²) >= 11 is 12.0. The van der Waals surface area contributed by atoms with Crippen LogP contribution in [0, 0.1) is 13.8 Å². The van der Waals surface area contributed by atoms with Crippen molar-refractivity contribution in [2.24, 2.45) is 12.0 Å². The van der Waals surface area contributed by atoms with Crippen LogP contribution in [0.15, 0.2) is 23.2 Å². The van der Waals surface area contributed by atoms with Gasteiger partial charge >= 0.3 is 0 Å². The molecule has 0 spiro atoms. The molecule has 0 aliphatic carbocycles. The monoisotopic (exact) mass is 539 g/mol. The smallest absolute Gasteiger partial charge is 0.191 e. The fourth-order valence-electron chi connectivity index (χ4n) is 2.88. The number of aryl methyl sites for hydroxylation is 2. The molecule has 2 aromatic rings. The van der Waals surface area contributed by atoms with E-state index in [0.29, 0.717) is 21.6 Å². The standard InChI is InChI=1S/C19H27Cl2N5O.HI/c1-5-22-19(23-7-6-17-12(2)25-26(4)13(17)3)24-11-18(27)14-8-15(20)10-16(21)9-14;/h8-10,18,27H,5-7,11H2,1-4H3,(H2,22,23,24);1H. The minimum Gasteiger partial charge on any atom is -0.386 e. The topological polar surface area (TPSA) is 74.5 Å². The summed E-state index contributed by atoms with van der Waals surface area (Å²) in [5, 5.41) is 22.3. The molecular weight excluding hydrogens is 512 g/mol. The van der Waals surface area contributed by atoms with E-state index in [-0.39, 0.29) is 30.5 Å². The molecule has 1 aromatic heterocycles. The number of nitrogens with one attached hydrogen (secondary N) is 2. The van der Waals surface area contributed by atoms with E-state index < -0.39 is 6.10 Å². The van der Waals surface area contributed by atoms with Crippen LogP contribution in [0.2, 0.25) is 10.0 Å². The Morgan fingerprint density at radius 3 is 2.39 bits per heavy atom. The van der Waals surface area contributed by atoms with Crippen LogP contribution in [0.5, 0.6) is 0 Å². The fourth-order valence-corrected chi connectivity index (χ4v) is 3.42. The number of aliphatic imine (C=N–C) groups is 1. The molecule has 1 unspecified atom stereocenters. The Labute approximate surface area is 193 Å². The van der Waals surface area contributed by atoms with Gasteiger partial charge in [-0.15, -0.1) is 24.0 Å². The van der Waals surface area contributed by atoms with Gasteiger partial charge in [0.15, 0.2) is 5.96 Å². The maximum atomic E-state index is 10.4. The molecule has 0 aliphatic rings. The van der Waals surface area contributed by atoms with Crippen molar-refractivity contribution in [1.29, 1.82) is 0 Å². The van der Waals surface area contributed by atoms with E-state index in [0.717, 1.165) is 25.2 Å². The fraction of sp³-hybridized carbons (Fsp3) is 0.474. The van der Waals surface area contributed by atoms with Crippen molar-refractivity contribution in [3.05, 3.63) is 50.8 Å². The van der Waals surface area contributed by atoms with Crippen LogP contribution in [0.3, 0.4) is 0 Å². The Morgan fingerprint density at radius 2 is 1.86 bits per heavy atom. The number of halogens is 3. The molecule has 0 saturated heterocycles. The Hall–Kier alpha value is -1.03.